The summed E-state index contributed by atoms with van der Waals surface area (Å²) in [6, 6.07) is 2.39. The molecule has 1 fully saturated rings. The first-order chi connectivity index (χ1) is 9.50. The van der Waals surface area contributed by atoms with E-state index in [1.54, 1.807) is 11.4 Å². The summed E-state index contributed by atoms with van der Waals surface area (Å²) in [6.45, 7) is 4.86. The third kappa shape index (κ3) is 4.27. The van der Waals surface area contributed by atoms with Gasteiger partial charge < -0.3 is 4.90 Å². The van der Waals surface area contributed by atoms with E-state index in [0.29, 0.717) is 21.3 Å². The van der Waals surface area contributed by atoms with E-state index in [4.69, 9.17) is 0 Å². The van der Waals surface area contributed by atoms with Crippen molar-refractivity contribution in [2.45, 2.75) is 42.9 Å². The average molecular weight is 381 g/mol. The van der Waals surface area contributed by atoms with Crippen LogP contribution in [0.4, 0.5) is 0 Å². The van der Waals surface area contributed by atoms with E-state index in [2.05, 4.69) is 32.5 Å². The molecular formula is C13H21BrN2O2S2. The summed E-state index contributed by atoms with van der Waals surface area (Å²) < 4.78 is 27.9. The number of nitrogens with zero attached hydrogens (tertiary/aromatic N) is 1. The van der Waals surface area contributed by atoms with E-state index in [0.717, 1.165) is 19.5 Å². The summed E-state index contributed by atoms with van der Waals surface area (Å²) in [4.78, 5) is 2.46. The Morgan fingerprint density at radius 1 is 1.50 bits per heavy atom. The standard InChI is InChI=1S/C13H21BrN2O2S2/c1-11-5-2-3-8-16(11)9-4-7-15-20(17,18)13-12(14)6-10-19-13/h6,10-11,15H,2-5,7-9H2,1H3. The highest BCUT2D eigenvalue weighted by Crippen LogP contribution is 2.27. The number of likely N-dealkylation sites (tertiary alicyclic amines) is 1. The van der Waals surface area contributed by atoms with E-state index in [1.807, 2.05) is 0 Å². The van der Waals surface area contributed by atoms with Gasteiger partial charge in [0, 0.05) is 17.1 Å². The minimum atomic E-state index is -3.36. The largest absolute Gasteiger partial charge is 0.301 e. The van der Waals surface area contributed by atoms with Crippen molar-refractivity contribution in [1.82, 2.24) is 9.62 Å². The molecule has 1 aliphatic heterocycles. The van der Waals surface area contributed by atoms with Crippen LogP contribution in [0.25, 0.3) is 0 Å². The summed E-state index contributed by atoms with van der Waals surface area (Å²) in [6.07, 6.45) is 4.69. The van der Waals surface area contributed by atoms with E-state index >= 15 is 0 Å². The molecule has 0 radical (unpaired) electrons. The second kappa shape index (κ2) is 7.35. The zero-order valence-electron chi connectivity index (χ0n) is 11.6. The summed E-state index contributed by atoms with van der Waals surface area (Å²) in [5, 5.41) is 1.77. The van der Waals surface area contributed by atoms with Gasteiger partial charge in [-0.25, -0.2) is 13.1 Å². The fraction of sp³-hybridized carbons (Fsp3) is 0.692. The van der Waals surface area contributed by atoms with Crippen molar-refractivity contribution < 1.29 is 8.42 Å². The fourth-order valence-electron chi connectivity index (χ4n) is 2.52. The molecule has 20 heavy (non-hydrogen) atoms. The molecule has 7 heteroatoms. The lowest BCUT2D eigenvalue weighted by atomic mass is 10.0. The van der Waals surface area contributed by atoms with Crippen LogP contribution in [0.2, 0.25) is 0 Å². The molecule has 1 unspecified atom stereocenters. The smallest absolute Gasteiger partial charge is 0.251 e. The maximum atomic E-state index is 12.1. The number of thiophene rings is 1. The van der Waals surface area contributed by atoms with Crippen LogP contribution in [-0.4, -0.2) is 39.0 Å². The van der Waals surface area contributed by atoms with Gasteiger partial charge in [0.15, 0.2) is 0 Å². The van der Waals surface area contributed by atoms with Crippen LogP contribution in [0.15, 0.2) is 20.1 Å². The minimum absolute atomic E-state index is 0.365. The lowest BCUT2D eigenvalue weighted by Crippen LogP contribution is -2.39. The van der Waals surface area contributed by atoms with Crippen molar-refractivity contribution in [3.05, 3.63) is 15.9 Å². The summed E-state index contributed by atoms with van der Waals surface area (Å²) >= 11 is 4.50. The maximum Gasteiger partial charge on any atom is 0.251 e. The van der Waals surface area contributed by atoms with Gasteiger partial charge in [-0.3, -0.25) is 0 Å². The monoisotopic (exact) mass is 380 g/mol. The van der Waals surface area contributed by atoms with Crippen molar-refractivity contribution in [2.75, 3.05) is 19.6 Å². The molecule has 0 bridgehead atoms. The van der Waals surface area contributed by atoms with Crippen molar-refractivity contribution in [3.8, 4) is 0 Å². The van der Waals surface area contributed by atoms with Gasteiger partial charge in [-0.15, -0.1) is 11.3 Å². The molecule has 2 rings (SSSR count). The first-order valence-corrected chi connectivity index (χ1v) is 10.1. The number of halogens is 1. The SMILES string of the molecule is CC1CCCCN1CCCNS(=O)(=O)c1sccc1Br. The van der Waals surface area contributed by atoms with Gasteiger partial charge >= 0.3 is 0 Å². The Hall–Kier alpha value is 0.0500. The molecule has 0 aromatic carbocycles. The molecule has 0 amide bonds. The minimum Gasteiger partial charge on any atom is -0.301 e. The average Bonchev–Trinajstić information content (AvgIpc) is 2.84. The van der Waals surface area contributed by atoms with Gasteiger partial charge in [-0.1, -0.05) is 6.42 Å². The lowest BCUT2D eigenvalue weighted by molar-refractivity contribution is 0.159. The molecule has 1 aromatic rings. The van der Waals surface area contributed by atoms with Crippen LogP contribution in [0.3, 0.4) is 0 Å². The van der Waals surface area contributed by atoms with Gasteiger partial charge in [0.1, 0.15) is 4.21 Å². The summed E-state index contributed by atoms with van der Waals surface area (Å²) in [5.74, 6) is 0. The highest BCUT2D eigenvalue weighted by atomic mass is 79.9. The second-order valence-corrected chi connectivity index (χ2v) is 8.92. The van der Waals surface area contributed by atoms with Gasteiger partial charge in [-0.05, 0) is 66.7 Å². The molecule has 1 atom stereocenters. The molecule has 0 aliphatic carbocycles. The summed E-state index contributed by atoms with van der Waals surface area (Å²) in [7, 11) is -3.36. The van der Waals surface area contributed by atoms with E-state index in [-0.39, 0.29) is 0 Å². The topological polar surface area (TPSA) is 49.4 Å². The Balaban J connectivity index is 1.77. The molecule has 1 saturated heterocycles. The quantitative estimate of drug-likeness (QED) is 0.771. The Bertz CT molecular complexity index is 530. The number of nitrogens with one attached hydrogen (secondary N) is 1. The number of rotatable bonds is 6. The van der Waals surface area contributed by atoms with Crippen molar-refractivity contribution in [2.24, 2.45) is 0 Å². The zero-order chi connectivity index (χ0) is 14.6. The predicted molar refractivity (Wildman–Crippen MR) is 86.7 cm³/mol. The van der Waals surface area contributed by atoms with Crippen LogP contribution < -0.4 is 4.72 Å². The first kappa shape index (κ1) is 16.4. The van der Waals surface area contributed by atoms with Crippen LogP contribution in [0, 0.1) is 0 Å². The first-order valence-electron chi connectivity index (χ1n) is 6.97. The zero-order valence-corrected chi connectivity index (χ0v) is 14.9. The Kier molecular flexibility index (Phi) is 6.04. The lowest BCUT2D eigenvalue weighted by Gasteiger charge is -2.33. The number of hydrogen-bond donors (Lipinski definition) is 1. The molecule has 2 heterocycles. The van der Waals surface area contributed by atoms with Crippen molar-refractivity contribution in [3.63, 3.8) is 0 Å². The van der Waals surface area contributed by atoms with E-state index in [1.165, 1.54) is 30.6 Å². The molecule has 0 saturated carbocycles. The molecule has 1 aliphatic rings. The van der Waals surface area contributed by atoms with Gasteiger partial charge in [0.25, 0.3) is 10.0 Å². The number of hydrogen-bond acceptors (Lipinski definition) is 4. The third-order valence-corrected chi connectivity index (χ3v) is 7.81. The highest BCUT2D eigenvalue weighted by molar-refractivity contribution is 9.10. The van der Waals surface area contributed by atoms with Gasteiger partial charge in [0.2, 0.25) is 0 Å². The van der Waals surface area contributed by atoms with Crippen molar-refractivity contribution >= 4 is 37.3 Å². The molecule has 1 N–H and O–H groups in total. The predicted octanol–water partition coefficient (Wildman–Crippen LogP) is 3.05. The third-order valence-electron chi connectivity index (χ3n) is 3.68. The highest BCUT2D eigenvalue weighted by Gasteiger charge is 2.20. The maximum absolute atomic E-state index is 12.1. The summed E-state index contributed by atoms with van der Waals surface area (Å²) in [5.41, 5.74) is 0. The van der Waals surface area contributed by atoms with Crippen molar-refractivity contribution in [1.29, 1.82) is 0 Å². The molecule has 1 aromatic heterocycles. The molecule has 114 valence electrons. The normalized spacial score (nSPS) is 21.2. The van der Waals surface area contributed by atoms with Crippen LogP contribution >= 0.6 is 27.3 Å². The molecule has 4 nitrogen and oxygen atoms in total. The number of sulfonamides is 1. The Labute approximate surface area is 133 Å². The van der Waals surface area contributed by atoms with Crippen LogP contribution in [0.1, 0.15) is 32.6 Å². The number of piperidine rings is 1. The molecular weight excluding hydrogens is 360 g/mol. The second-order valence-electron chi connectivity index (χ2n) is 5.19. The van der Waals surface area contributed by atoms with Crippen LogP contribution in [0.5, 0.6) is 0 Å². The Morgan fingerprint density at radius 2 is 2.30 bits per heavy atom. The van der Waals surface area contributed by atoms with Gasteiger partial charge in [-0.2, -0.15) is 0 Å². The van der Waals surface area contributed by atoms with E-state index < -0.39 is 10.0 Å². The van der Waals surface area contributed by atoms with E-state index in [9.17, 15) is 8.42 Å². The van der Waals surface area contributed by atoms with Gasteiger partial charge in [0.05, 0.1) is 0 Å². The van der Waals surface area contributed by atoms with Crippen LogP contribution in [-0.2, 0) is 10.0 Å². The molecule has 0 spiro atoms. The Morgan fingerprint density at radius 3 is 2.95 bits per heavy atom. The fourth-order valence-corrected chi connectivity index (χ4v) is 5.97.